The van der Waals surface area contributed by atoms with Crippen molar-refractivity contribution in [3.05, 3.63) is 23.8 Å². The molecule has 0 radical (unpaired) electrons. The van der Waals surface area contributed by atoms with Crippen LogP contribution in [0.15, 0.2) is 18.2 Å². The largest absolute Gasteiger partial charge is 0.276 e. The highest BCUT2D eigenvalue weighted by atomic mass is 35.5. The number of rotatable bonds is 1. The van der Waals surface area contributed by atoms with Gasteiger partial charge in [0, 0.05) is 0 Å². The Morgan fingerprint density at radius 2 is 2.33 bits per heavy atom. The van der Waals surface area contributed by atoms with Gasteiger partial charge in [-0.1, -0.05) is 11.3 Å². The van der Waals surface area contributed by atoms with Crippen molar-refractivity contribution in [3.63, 3.8) is 0 Å². The van der Waals surface area contributed by atoms with Crippen LogP contribution < -0.4 is 0 Å². The van der Waals surface area contributed by atoms with Crippen molar-refractivity contribution >= 4 is 27.9 Å². The first-order valence-corrected chi connectivity index (χ1v) is 3.66. The average Bonchev–Trinajstić information content (AvgIpc) is 2.49. The maximum Gasteiger partial charge on any atom is 0.254 e. The summed E-state index contributed by atoms with van der Waals surface area (Å²) in [6.07, 6.45) is 0. The molecule has 2 rings (SSSR count). The Balaban J connectivity index is 2.82. The lowest BCUT2D eigenvalue weighted by molar-refractivity contribution is 0.108. The second-order valence-electron chi connectivity index (χ2n) is 2.29. The van der Waals surface area contributed by atoms with E-state index in [2.05, 4.69) is 15.4 Å². The van der Waals surface area contributed by atoms with E-state index in [1.54, 1.807) is 18.2 Å². The minimum Gasteiger partial charge on any atom is -0.276 e. The van der Waals surface area contributed by atoms with E-state index in [1.165, 1.54) is 0 Å². The maximum atomic E-state index is 10.8. The minimum absolute atomic E-state index is 0.378. The van der Waals surface area contributed by atoms with Crippen molar-refractivity contribution in [2.24, 2.45) is 0 Å². The van der Waals surface area contributed by atoms with Gasteiger partial charge in [-0.25, -0.2) is 0 Å². The van der Waals surface area contributed by atoms with Crippen LogP contribution in [0.1, 0.15) is 10.4 Å². The number of hydrogen-bond acceptors (Lipinski definition) is 3. The Morgan fingerprint density at radius 1 is 1.50 bits per heavy atom. The van der Waals surface area contributed by atoms with Crippen molar-refractivity contribution in [1.82, 2.24) is 15.4 Å². The van der Waals surface area contributed by atoms with E-state index >= 15 is 0 Å². The summed E-state index contributed by atoms with van der Waals surface area (Å²) in [7, 11) is 0. The highest BCUT2D eigenvalue weighted by Gasteiger charge is 2.08. The lowest BCUT2D eigenvalue weighted by Crippen LogP contribution is -1.89. The smallest absolute Gasteiger partial charge is 0.254 e. The molecule has 0 aliphatic carbocycles. The number of aromatic amines is 1. The van der Waals surface area contributed by atoms with E-state index in [0.717, 1.165) is 0 Å². The fourth-order valence-electron chi connectivity index (χ4n) is 1.03. The predicted octanol–water partition coefficient (Wildman–Crippen LogP) is 1.34. The molecule has 1 aromatic carbocycles. The molecule has 0 saturated carbocycles. The molecule has 1 aromatic heterocycles. The molecule has 12 heavy (non-hydrogen) atoms. The van der Waals surface area contributed by atoms with Gasteiger partial charge in [0.05, 0.1) is 11.1 Å². The molecule has 0 aliphatic heterocycles. The SMILES string of the molecule is O=C(Cl)c1cccc2[nH]nnc12. The van der Waals surface area contributed by atoms with Gasteiger partial charge in [0.25, 0.3) is 5.24 Å². The summed E-state index contributed by atoms with van der Waals surface area (Å²) in [5.41, 5.74) is 1.60. The number of benzene rings is 1. The molecule has 0 fully saturated rings. The number of hydrogen-bond donors (Lipinski definition) is 1. The van der Waals surface area contributed by atoms with Gasteiger partial charge in [0.1, 0.15) is 5.52 Å². The van der Waals surface area contributed by atoms with Gasteiger partial charge in [-0.15, -0.1) is 5.10 Å². The summed E-state index contributed by atoms with van der Waals surface area (Å²) in [5, 5.41) is 9.41. The Kier molecular flexibility index (Phi) is 1.55. The number of halogens is 1. The van der Waals surface area contributed by atoms with Crippen LogP contribution in [0, 0.1) is 0 Å². The number of aromatic nitrogens is 3. The molecule has 5 heteroatoms. The molecule has 1 N–H and O–H groups in total. The van der Waals surface area contributed by atoms with Crippen LogP contribution >= 0.6 is 11.6 Å². The molecule has 4 nitrogen and oxygen atoms in total. The van der Waals surface area contributed by atoms with Crippen LogP contribution in [-0.2, 0) is 0 Å². The number of fused-ring (bicyclic) bond motifs is 1. The first-order valence-electron chi connectivity index (χ1n) is 3.28. The molecule has 0 atom stereocenters. The van der Waals surface area contributed by atoms with Crippen molar-refractivity contribution in [1.29, 1.82) is 0 Å². The van der Waals surface area contributed by atoms with Crippen LogP contribution in [0.5, 0.6) is 0 Å². The van der Waals surface area contributed by atoms with Gasteiger partial charge < -0.3 is 0 Å². The summed E-state index contributed by atoms with van der Waals surface area (Å²) in [4.78, 5) is 10.8. The molecule has 60 valence electrons. The van der Waals surface area contributed by atoms with E-state index < -0.39 is 5.24 Å². The number of nitrogens with zero attached hydrogens (tertiary/aromatic N) is 2. The summed E-state index contributed by atoms with van der Waals surface area (Å²) < 4.78 is 0. The molecular formula is C7H4ClN3O. The van der Waals surface area contributed by atoms with Crippen molar-refractivity contribution in [2.75, 3.05) is 0 Å². The van der Waals surface area contributed by atoms with Crippen LogP contribution in [0.4, 0.5) is 0 Å². The molecule has 0 spiro atoms. The summed E-state index contributed by atoms with van der Waals surface area (Å²) in [6.45, 7) is 0. The third kappa shape index (κ3) is 0.967. The van der Waals surface area contributed by atoms with Crippen molar-refractivity contribution in [2.45, 2.75) is 0 Å². The molecule has 0 aliphatic rings. The number of carbonyl (C=O) groups is 1. The van der Waals surface area contributed by atoms with Crippen LogP contribution in [-0.4, -0.2) is 20.7 Å². The maximum absolute atomic E-state index is 10.8. The number of nitrogens with one attached hydrogen (secondary N) is 1. The van der Waals surface area contributed by atoms with Crippen LogP contribution in [0.25, 0.3) is 11.0 Å². The fourth-order valence-corrected chi connectivity index (χ4v) is 1.18. The predicted molar refractivity (Wildman–Crippen MR) is 44.1 cm³/mol. The first kappa shape index (κ1) is 7.24. The van der Waals surface area contributed by atoms with E-state index in [1.807, 2.05) is 0 Å². The molecule has 0 bridgehead atoms. The first-order chi connectivity index (χ1) is 5.79. The topological polar surface area (TPSA) is 58.6 Å². The van der Waals surface area contributed by atoms with Gasteiger partial charge in [0.15, 0.2) is 0 Å². The Morgan fingerprint density at radius 3 is 3.08 bits per heavy atom. The molecule has 1 heterocycles. The zero-order valence-corrected chi connectivity index (χ0v) is 6.67. The summed E-state index contributed by atoms with van der Waals surface area (Å²) >= 11 is 5.32. The van der Waals surface area contributed by atoms with Crippen molar-refractivity contribution in [3.8, 4) is 0 Å². The second-order valence-corrected chi connectivity index (χ2v) is 2.63. The number of carbonyl (C=O) groups excluding carboxylic acids is 1. The Labute approximate surface area is 72.5 Å². The lowest BCUT2D eigenvalue weighted by atomic mass is 10.2. The van der Waals surface area contributed by atoms with E-state index in [-0.39, 0.29) is 0 Å². The average molecular weight is 182 g/mol. The van der Waals surface area contributed by atoms with Gasteiger partial charge >= 0.3 is 0 Å². The molecule has 0 saturated heterocycles. The van der Waals surface area contributed by atoms with E-state index in [0.29, 0.717) is 16.6 Å². The second kappa shape index (κ2) is 2.57. The molecular weight excluding hydrogens is 178 g/mol. The highest BCUT2D eigenvalue weighted by Crippen LogP contribution is 2.14. The van der Waals surface area contributed by atoms with Gasteiger partial charge in [-0.2, -0.15) is 0 Å². The van der Waals surface area contributed by atoms with Crippen LogP contribution in [0.2, 0.25) is 0 Å². The number of H-pyrrole nitrogens is 1. The molecule has 0 amide bonds. The quantitative estimate of drug-likeness (QED) is 0.676. The summed E-state index contributed by atoms with van der Waals surface area (Å²) in [5.74, 6) is 0. The summed E-state index contributed by atoms with van der Waals surface area (Å²) in [6, 6.07) is 5.11. The molecule has 2 aromatic rings. The molecule has 0 unspecified atom stereocenters. The third-order valence-corrected chi connectivity index (χ3v) is 1.77. The van der Waals surface area contributed by atoms with Gasteiger partial charge in [-0.05, 0) is 23.7 Å². The lowest BCUT2D eigenvalue weighted by Gasteiger charge is -1.91. The van der Waals surface area contributed by atoms with E-state index in [4.69, 9.17) is 11.6 Å². The zero-order chi connectivity index (χ0) is 8.55. The Hall–Kier alpha value is -1.42. The minimum atomic E-state index is -0.519. The van der Waals surface area contributed by atoms with Crippen LogP contribution in [0.3, 0.4) is 0 Å². The highest BCUT2D eigenvalue weighted by molar-refractivity contribution is 6.68. The monoisotopic (exact) mass is 181 g/mol. The van der Waals surface area contributed by atoms with Gasteiger partial charge in [-0.3, -0.25) is 9.89 Å². The zero-order valence-electron chi connectivity index (χ0n) is 5.91. The Bertz CT molecular complexity index is 437. The van der Waals surface area contributed by atoms with E-state index in [9.17, 15) is 4.79 Å². The normalized spacial score (nSPS) is 10.4. The fraction of sp³-hybridized carbons (Fsp3) is 0. The third-order valence-electron chi connectivity index (χ3n) is 1.57. The van der Waals surface area contributed by atoms with Crippen molar-refractivity contribution < 1.29 is 4.79 Å². The van der Waals surface area contributed by atoms with Gasteiger partial charge in [0.2, 0.25) is 0 Å². The standard InChI is InChI=1S/C7H4ClN3O/c8-7(12)4-2-1-3-5-6(4)10-11-9-5/h1-3H,(H,9,10,11).